The number of halogens is 1. The van der Waals surface area contributed by atoms with Crippen molar-refractivity contribution in [3.8, 4) is 0 Å². The van der Waals surface area contributed by atoms with E-state index in [0.29, 0.717) is 66.0 Å². The number of fused-ring (bicyclic) bond motifs is 3. The Hall–Kier alpha value is -6.78. The van der Waals surface area contributed by atoms with Crippen molar-refractivity contribution in [2.75, 3.05) is 80.0 Å². The number of likely N-dealkylation sites (tertiary alicyclic amines) is 2. The van der Waals surface area contributed by atoms with Crippen molar-refractivity contribution in [1.82, 2.24) is 73.6 Å². The maximum Gasteiger partial charge on any atom is 1.00 e. The number of aromatic nitrogens is 6. The summed E-state index contributed by atoms with van der Waals surface area (Å²) in [6.07, 6.45) is 8.54. The SMILES string of the molecule is CN(CC1CCN(Cc2ccc3c(c2)n(C)c(=O)n3C2CCC(=O)NC2=O)CC1)C(=O)OC(C)(C)C.CN(CC1CCNCC1)C(=O)OC(C)(C)C.CNCC1CCN(Cc2ccc3c(c2)n(C)c(=O)n3C2CCC(=O)NC2=O)CC1.Cl.Cn1c(=O)n(C2CCC(=O)NC2=O)c2ccc(C=O)cc21.[K+].[SH-]. The predicted molar refractivity (Wildman–Crippen MR) is 400 cm³/mol. The van der Waals surface area contributed by atoms with Crippen LogP contribution in [0.5, 0.6) is 0 Å². The molecule has 6 aliphatic heterocycles. The number of hydrogen-bond donors (Lipinski definition) is 5. The minimum atomic E-state index is -0.707. The molecule has 0 aliphatic carbocycles. The third-order valence-electron chi connectivity index (χ3n) is 19.8. The van der Waals surface area contributed by atoms with Crippen LogP contribution in [0.1, 0.15) is 158 Å². The molecule has 6 saturated heterocycles. The molecular formula is C73H105ClKN15O14S. The number of piperidine rings is 6. The van der Waals surface area contributed by atoms with Crippen molar-refractivity contribution in [2.45, 2.75) is 161 Å². The molecule has 9 heterocycles. The number of nitrogens with one attached hydrogen (secondary N) is 5. The standard InChI is InChI=1S/C26H37N5O5.C21H29N5O3.C14H13N3O4.C12H24N2O2.ClH.K.H2S/c1-26(2,3)36-25(35)28(4)15-17-10-12-30(13-11-17)16-18-6-7-19-21(14-18)29(5)24(34)31(19)20-8-9-22(32)27-23(20)33;1-22-12-14-7-9-25(10-8-14)13-15-3-4-16-18(11-15)24(2)21(29)26(16)17-5-6-19(27)23-20(17)28;1-16-11-6-8(7-18)2-3-9(11)17(14(16)21)10-4-5-12(19)15-13(10)20;1-12(2,3)16-11(15)14(4)9-10-5-7-13-8-6-10;;;/h6-7,14,17,20H,8-13,15-16H2,1-5H3,(H,27,32,33);3-4,11,14,17,22H,5-10,12-13H2,1-2H3,(H,23,27,28);2-3,6-7,10H,4-5H2,1H3,(H,15,19,20);10,13H,5-9H2,1-4H3;1H;;1H2/q;;;;;+1;/p-1. The smallest absolute Gasteiger partial charge is 0.813 e. The first kappa shape index (κ1) is 87.1. The quantitative estimate of drug-likeness (QED) is 0.0343. The average Bonchev–Trinajstić information content (AvgIpc) is 1.63. The number of amides is 8. The third-order valence-corrected chi connectivity index (χ3v) is 19.8. The molecule has 570 valence electrons. The molecule has 0 bridgehead atoms. The van der Waals surface area contributed by atoms with Crippen LogP contribution in [-0.2, 0) is 86.0 Å². The van der Waals surface area contributed by atoms with Crippen molar-refractivity contribution in [1.29, 1.82) is 0 Å². The summed E-state index contributed by atoms with van der Waals surface area (Å²) < 4.78 is 19.8. The van der Waals surface area contributed by atoms with Gasteiger partial charge < -0.3 is 43.4 Å². The van der Waals surface area contributed by atoms with Gasteiger partial charge in [-0.1, -0.05) is 12.1 Å². The van der Waals surface area contributed by atoms with Crippen LogP contribution >= 0.6 is 12.4 Å². The molecule has 8 amide bonds. The van der Waals surface area contributed by atoms with E-state index in [1.165, 1.54) is 36.7 Å². The van der Waals surface area contributed by atoms with Gasteiger partial charge in [0.1, 0.15) is 35.6 Å². The van der Waals surface area contributed by atoms with Gasteiger partial charge in [0, 0.05) is 86.2 Å². The molecular weight excluding hydrogens is 1420 g/mol. The first-order chi connectivity index (χ1) is 48.3. The van der Waals surface area contributed by atoms with Gasteiger partial charge in [0.15, 0.2) is 0 Å². The van der Waals surface area contributed by atoms with Crippen molar-refractivity contribution in [3.05, 3.63) is 103 Å². The number of aryl methyl sites for hydroxylation is 3. The van der Waals surface area contributed by atoms with Gasteiger partial charge in [0.05, 0.1) is 33.1 Å². The number of imidazole rings is 3. The van der Waals surface area contributed by atoms with Crippen LogP contribution in [0, 0.1) is 17.8 Å². The van der Waals surface area contributed by atoms with Crippen LogP contribution < -0.4 is 95.0 Å². The Labute approximate surface area is 667 Å². The number of imide groups is 3. The van der Waals surface area contributed by atoms with Crippen LogP contribution in [-0.4, -0.2) is 192 Å². The van der Waals surface area contributed by atoms with E-state index in [9.17, 15) is 57.5 Å². The second-order valence-electron chi connectivity index (χ2n) is 30.0. The van der Waals surface area contributed by atoms with Crippen LogP contribution in [0.2, 0.25) is 0 Å². The number of carbonyl (C=O) groups is 9. The number of ether oxygens (including phenoxy) is 2. The topological polar surface area (TPSA) is 326 Å². The second kappa shape index (κ2) is 38.3. The third kappa shape index (κ3) is 22.4. The Morgan fingerprint density at radius 3 is 1.17 bits per heavy atom. The van der Waals surface area contributed by atoms with Gasteiger partial charge in [-0.25, -0.2) is 24.0 Å². The number of benzene rings is 3. The maximum absolute atomic E-state index is 13.0. The summed E-state index contributed by atoms with van der Waals surface area (Å²) >= 11 is 0. The summed E-state index contributed by atoms with van der Waals surface area (Å²) in [6.45, 7) is 21.6. The van der Waals surface area contributed by atoms with Crippen LogP contribution in [0.15, 0.2) is 69.0 Å². The van der Waals surface area contributed by atoms with E-state index in [0.717, 1.165) is 119 Å². The molecule has 6 fully saturated rings. The normalized spacial score (nSPS) is 19.4. The Morgan fingerprint density at radius 1 is 0.505 bits per heavy atom. The molecule has 29 nitrogen and oxygen atoms in total. The van der Waals surface area contributed by atoms with Gasteiger partial charge in [0.2, 0.25) is 35.4 Å². The summed E-state index contributed by atoms with van der Waals surface area (Å²) in [5.74, 6) is -0.402. The van der Waals surface area contributed by atoms with Crippen LogP contribution in [0.4, 0.5) is 9.59 Å². The number of rotatable bonds is 14. The summed E-state index contributed by atoms with van der Waals surface area (Å²) in [7, 11) is 10.6. The fraction of sp³-hybridized carbons (Fsp3) is 0.589. The second-order valence-corrected chi connectivity index (χ2v) is 30.0. The van der Waals surface area contributed by atoms with Gasteiger partial charge >= 0.3 is 80.6 Å². The van der Waals surface area contributed by atoms with E-state index < -0.39 is 47.0 Å². The van der Waals surface area contributed by atoms with Crippen LogP contribution in [0.25, 0.3) is 33.1 Å². The predicted octanol–water partition coefficient (Wildman–Crippen LogP) is 2.28. The van der Waals surface area contributed by atoms with Crippen LogP contribution in [0.3, 0.4) is 0 Å². The Morgan fingerprint density at radius 2 is 0.838 bits per heavy atom. The fourth-order valence-corrected chi connectivity index (χ4v) is 14.3. The van der Waals surface area contributed by atoms with E-state index in [1.807, 2.05) is 86.0 Å². The first-order valence-corrected chi connectivity index (χ1v) is 35.6. The van der Waals surface area contributed by atoms with E-state index in [4.69, 9.17) is 9.47 Å². The summed E-state index contributed by atoms with van der Waals surface area (Å²) in [4.78, 5) is 152. The number of hydrogen-bond acceptors (Lipinski definition) is 19. The molecule has 0 spiro atoms. The molecule has 3 unspecified atom stereocenters. The van der Waals surface area contributed by atoms with Crippen molar-refractivity contribution >= 4 is 113 Å². The number of aldehydes is 1. The largest absolute Gasteiger partial charge is 1.00 e. The first-order valence-electron chi connectivity index (χ1n) is 35.6. The molecule has 3 aromatic carbocycles. The van der Waals surface area contributed by atoms with Gasteiger partial charge in [-0.15, -0.1) is 12.4 Å². The zero-order valence-electron chi connectivity index (χ0n) is 63.0. The zero-order valence-corrected chi connectivity index (χ0v) is 67.9. The summed E-state index contributed by atoms with van der Waals surface area (Å²) in [6, 6.07) is 14.8. The number of nitrogens with zero attached hydrogens (tertiary/aromatic N) is 10. The Balaban J connectivity index is 0.000000226. The number of thiol groups is 1. The Bertz CT molecular complexity index is 4300. The monoisotopic (exact) mass is 1520 g/mol. The minimum absolute atomic E-state index is 0. The molecule has 12 rings (SSSR count). The fourth-order valence-electron chi connectivity index (χ4n) is 14.3. The molecule has 0 radical (unpaired) electrons. The summed E-state index contributed by atoms with van der Waals surface area (Å²) in [5.41, 5.74) is 5.18. The molecule has 105 heavy (non-hydrogen) atoms. The molecule has 6 aromatic rings. The van der Waals surface area contributed by atoms with E-state index in [1.54, 1.807) is 65.3 Å². The van der Waals surface area contributed by atoms with E-state index in [2.05, 4.69) is 42.5 Å². The van der Waals surface area contributed by atoms with Gasteiger partial charge in [-0.05, 0) is 224 Å². The average molecular weight is 1520 g/mol. The molecule has 32 heteroatoms. The molecule has 3 aromatic heterocycles. The van der Waals surface area contributed by atoms with Crippen molar-refractivity contribution < 1.29 is 104 Å². The molecule has 3 atom stereocenters. The molecule has 6 aliphatic rings. The van der Waals surface area contributed by atoms with Gasteiger partial charge in [-0.2, -0.15) is 0 Å². The van der Waals surface area contributed by atoms with Gasteiger partial charge in [0.25, 0.3) is 0 Å². The Kier molecular flexibility index (Phi) is 31.8. The molecule has 0 saturated carbocycles. The zero-order chi connectivity index (χ0) is 74.1. The van der Waals surface area contributed by atoms with Gasteiger partial charge in [-0.3, -0.25) is 86.7 Å². The van der Waals surface area contributed by atoms with E-state index >= 15 is 0 Å². The van der Waals surface area contributed by atoms with E-state index in [-0.39, 0.29) is 144 Å². The number of carbonyl (C=O) groups excluding carboxylic acids is 9. The summed E-state index contributed by atoms with van der Waals surface area (Å²) in [5, 5.41) is 13.5. The van der Waals surface area contributed by atoms with Crippen molar-refractivity contribution in [3.63, 3.8) is 0 Å². The molecule has 5 N–H and O–H groups in total. The van der Waals surface area contributed by atoms with Crippen molar-refractivity contribution in [2.24, 2.45) is 38.9 Å². The maximum atomic E-state index is 13.0. The minimum Gasteiger partial charge on any atom is -0.813 e.